The van der Waals surface area contributed by atoms with Crippen molar-refractivity contribution >= 4 is 11.8 Å². The molecule has 2 aliphatic rings. The van der Waals surface area contributed by atoms with Crippen LogP contribution in [-0.4, -0.2) is 30.1 Å². The fraction of sp³-hybridized carbons (Fsp3) is 0.846. The van der Waals surface area contributed by atoms with Gasteiger partial charge < -0.3 is 9.47 Å². The number of ketones is 1. The number of hydrogen-bond acceptors (Lipinski definition) is 4. The molecule has 4 nitrogen and oxygen atoms in total. The Kier molecular flexibility index (Phi) is 2.81. The van der Waals surface area contributed by atoms with Gasteiger partial charge in [0.2, 0.25) is 0 Å². The van der Waals surface area contributed by atoms with E-state index in [-0.39, 0.29) is 23.1 Å². The second-order valence-corrected chi connectivity index (χ2v) is 5.97. The molecule has 2 saturated heterocycles. The molecular formula is C13H20O4. The topological polar surface area (TPSA) is 52.6 Å². The highest BCUT2D eigenvalue weighted by Gasteiger charge is 2.60. The molecule has 0 aromatic rings. The standard InChI is InChI=1S/C13H20O4/c1-8-5-11(15)17-13(8)6-10(9(2)14)16-7-12(13,3)4/h8,10H,5-7H2,1-4H3. The first kappa shape index (κ1) is 12.6. The number of carbonyl (C=O) groups is 2. The van der Waals surface area contributed by atoms with Crippen LogP contribution in [0, 0.1) is 11.3 Å². The molecule has 0 bridgehead atoms. The van der Waals surface area contributed by atoms with Crippen LogP contribution in [0.5, 0.6) is 0 Å². The summed E-state index contributed by atoms with van der Waals surface area (Å²) in [7, 11) is 0. The molecule has 0 aliphatic carbocycles. The molecule has 0 aromatic heterocycles. The summed E-state index contributed by atoms with van der Waals surface area (Å²) in [5, 5.41) is 0. The van der Waals surface area contributed by atoms with Crippen molar-refractivity contribution in [2.24, 2.45) is 11.3 Å². The molecule has 17 heavy (non-hydrogen) atoms. The van der Waals surface area contributed by atoms with Gasteiger partial charge in [-0.15, -0.1) is 0 Å². The van der Waals surface area contributed by atoms with Crippen molar-refractivity contribution in [1.82, 2.24) is 0 Å². The van der Waals surface area contributed by atoms with Crippen LogP contribution in [0.3, 0.4) is 0 Å². The van der Waals surface area contributed by atoms with E-state index in [0.29, 0.717) is 19.4 Å². The lowest BCUT2D eigenvalue weighted by Crippen LogP contribution is -2.58. The number of rotatable bonds is 1. The summed E-state index contributed by atoms with van der Waals surface area (Å²) in [5.41, 5.74) is -0.788. The van der Waals surface area contributed by atoms with E-state index in [2.05, 4.69) is 0 Å². The molecule has 3 unspecified atom stereocenters. The Morgan fingerprint density at radius 3 is 2.53 bits per heavy atom. The molecule has 2 fully saturated rings. The third-order valence-electron chi connectivity index (χ3n) is 4.30. The number of ether oxygens (including phenoxy) is 2. The van der Waals surface area contributed by atoms with Crippen molar-refractivity contribution < 1.29 is 19.1 Å². The van der Waals surface area contributed by atoms with Gasteiger partial charge in [-0.25, -0.2) is 0 Å². The van der Waals surface area contributed by atoms with Crippen LogP contribution >= 0.6 is 0 Å². The quantitative estimate of drug-likeness (QED) is 0.655. The highest BCUT2D eigenvalue weighted by molar-refractivity contribution is 5.81. The van der Waals surface area contributed by atoms with Gasteiger partial charge in [0.1, 0.15) is 11.7 Å². The fourth-order valence-corrected chi connectivity index (χ4v) is 3.11. The van der Waals surface area contributed by atoms with Gasteiger partial charge in [-0.1, -0.05) is 20.8 Å². The molecule has 4 heteroatoms. The summed E-state index contributed by atoms with van der Waals surface area (Å²) in [6.07, 6.45) is 0.493. The van der Waals surface area contributed by atoms with Crippen molar-refractivity contribution in [1.29, 1.82) is 0 Å². The van der Waals surface area contributed by atoms with Crippen molar-refractivity contribution in [2.45, 2.75) is 52.2 Å². The van der Waals surface area contributed by atoms with E-state index >= 15 is 0 Å². The summed E-state index contributed by atoms with van der Waals surface area (Å²) in [6, 6.07) is 0. The SMILES string of the molecule is CC(=O)C1CC2(OC(=O)CC2C)C(C)(C)CO1. The molecule has 0 saturated carbocycles. The van der Waals surface area contributed by atoms with Crippen molar-refractivity contribution in [3.8, 4) is 0 Å². The summed E-state index contributed by atoms with van der Waals surface area (Å²) < 4.78 is 11.2. The summed E-state index contributed by atoms with van der Waals surface area (Å²) in [6.45, 7) is 8.08. The molecule has 0 radical (unpaired) electrons. The third-order valence-corrected chi connectivity index (χ3v) is 4.30. The third kappa shape index (κ3) is 1.79. The molecule has 0 aromatic carbocycles. The Hall–Kier alpha value is -0.900. The molecule has 0 amide bonds. The maximum atomic E-state index is 11.5. The molecule has 2 rings (SSSR count). The van der Waals surface area contributed by atoms with Gasteiger partial charge in [0.15, 0.2) is 5.78 Å². The minimum absolute atomic E-state index is 0.00928. The van der Waals surface area contributed by atoms with Crippen LogP contribution in [0.15, 0.2) is 0 Å². The molecule has 96 valence electrons. The average molecular weight is 240 g/mol. The van der Waals surface area contributed by atoms with Gasteiger partial charge in [-0.3, -0.25) is 9.59 Å². The van der Waals surface area contributed by atoms with Gasteiger partial charge in [0, 0.05) is 17.8 Å². The zero-order valence-electron chi connectivity index (χ0n) is 10.9. The molecule has 3 atom stereocenters. The van der Waals surface area contributed by atoms with Crippen LogP contribution in [-0.2, 0) is 19.1 Å². The Morgan fingerprint density at radius 2 is 2.06 bits per heavy atom. The molecule has 2 aliphatic heterocycles. The molecule has 1 spiro atoms. The van der Waals surface area contributed by atoms with Gasteiger partial charge >= 0.3 is 5.97 Å². The zero-order chi connectivity index (χ0) is 12.8. The minimum atomic E-state index is -0.543. The lowest BCUT2D eigenvalue weighted by atomic mass is 9.64. The first-order chi connectivity index (χ1) is 7.78. The van der Waals surface area contributed by atoms with E-state index in [4.69, 9.17) is 9.47 Å². The lowest BCUT2D eigenvalue weighted by Gasteiger charge is -2.50. The van der Waals surface area contributed by atoms with Gasteiger partial charge in [0.05, 0.1) is 13.0 Å². The van der Waals surface area contributed by atoms with Gasteiger partial charge in [-0.2, -0.15) is 0 Å². The van der Waals surface area contributed by atoms with Crippen LogP contribution in [0.25, 0.3) is 0 Å². The first-order valence-corrected chi connectivity index (χ1v) is 6.12. The second kappa shape index (κ2) is 3.80. The summed E-state index contributed by atoms with van der Waals surface area (Å²) >= 11 is 0. The van der Waals surface area contributed by atoms with Crippen LogP contribution in [0.2, 0.25) is 0 Å². The predicted molar refractivity (Wildman–Crippen MR) is 61.4 cm³/mol. The molecule has 2 heterocycles. The fourth-order valence-electron chi connectivity index (χ4n) is 3.11. The Balaban J connectivity index is 2.33. The normalized spacial score (nSPS) is 40.4. The molecule has 0 N–H and O–H groups in total. The Labute approximate surface area is 102 Å². The van der Waals surface area contributed by atoms with E-state index in [1.807, 2.05) is 20.8 Å². The average Bonchev–Trinajstić information content (AvgIpc) is 2.47. The maximum Gasteiger partial charge on any atom is 0.306 e. The second-order valence-electron chi connectivity index (χ2n) is 5.97. The summed E-state index contributed by atoms with van der Waals surface area (Å²) in [5.74, 6) is -0.0134. The number of esters is 1. The van der Waals surface area contributed by atoms with E-state index in [9.17, 15) is 9.59 Å². The highest BCUT2D eigenvalue weighted by atomic mass is 16.6. The van der Waals surface area contributed by atoms with E-state index in [1.54, 1.807) is 0 Å². The van der Waals surface area contributed by atoms with Crippen LogP contribution < -0.4 is 0 Å². The van der Waals surface area contributed by atoms with Gasteiger partial charge in [0.25, 0.3) is 0 Å². The van der Waals surface area contributed by atoms with E-state index in [1.165, 1.54) is 6.92 Å². The largest absolute Gasteiger partial charge is 0.458 e. The van der Waals surface area contributed by atoms with Crippen LogP contribution in [0.1, 0.15) is 40.5 Å². The smallest absolute Gasteiger partial charge is 0.306 e. The van der Waals surface area contributed by atoms with Crippen LogP contribution in [0.4, 0.5) is 0 Å². The zero-order valence-corrected chi connectivity index (χ0v) is 10.9. The Morgan fingerprint density at radius 1 is 1.41 bits per heavy atom. The number of carbonyl (C=O) groups excluding carboxylic acids is 2. The minimum Gasteiger partial charge on any atom is -0.458 e. The monoisotopic (exact) mass is 240 g/mol. The van der Waals surface area contributed by atoms with Crippen molar-refractivity contribution in [2.75, 3.05) is 6.61 Å². The number of Topliss-reactive ketones (excluding diaryl/α,β-unsaturated/α-hetero) is 1. The van der Waals surface area contributed by atoms with Crippen molar-refractivity contribution in [3.05, 3.63) is 0 Å². The maximum absolute atomic E-state index is 11.5. The molecular weight excluding hydrogens is 220 g/mol. The van der Waals surface area contributed by atoms with Crippen molar-refractivity contribution in [3.63, 3.8) is 0 Å². The van der Waals surface area contributed by atoms with E-state index in [0.717, 1.165) is 0 Å². The van der Waals surface area contributed by atoms with E-state index < -0.39 is 11.7 Å². The number of hydrogen-bond donors (Lipinski definition) is 0. The Bertz CT molecular complexity index is 360. The summed E-state index contributed by atoms with van der Waals surface area (Å²) in [4.78, 5) is 23.0. The first-order valence-electron chi connectivity index (χ1n) is 6.12. The lowest BCUT2D eigenvalue weighted by molar-refractivity contribution is -0.207. The highest BCUT2D eigenvalue weighted by Crippen LogP contribution is 2.51. The van der Waals surface area contributed by atoms with Gasteiger partial charge in [-0.05, 0) is 6.92 Å². The predicted octanol–water partition coefficient (Wildman–Crippen LogP) is 1.71.